The highest BCUT2D eigenvalue weighted by molar-refractivity contribution is 5.81. The first-order valence-electron chi connectivity index (χ1n) is 17.2. The Morgan fingerprint density at radius 2 is 1.05 bits per heavy atom. The van der Waals surface area contributed by atoms with Gasteiger partial charge in [-0.3, -0.25) is 30.2 Å². The number of aldehydes is 1. The van der Waals surface area contributed by atoms with Gasteiger partial charge in [0.1, 0.15) is 34.2 Å². The maximum absolute atomic E-state index is 11.3. The van der Waals surface area contributed by atoms with Crippen molar-refractivity contribution >= 4 is 24.7 Å². The van der Waals surface area contributed by atoms with E-state index in [1.54, 1.807) is 112 Å². The van der Waals surface area contributed by atoms with Gasteiger partial charge < -0.3 is 28.4 Å². The number of methoxy groups -OCH3 is 4. The fourth-order valence-corrected chi connectivity index (χ4v) is 3.65. The van der Waals surface area contributed by atoms with Gasteiger partial charge in [0.05, 0.1) is 59.4 Å². The van der Waals surface area contributed by atoms with E-state index in [4.69, 9.17) is 28.4 Å². The van der Waals surface area contributed by atoms with Gasteiger partial charge in [-0.05, 0) is 83.4 Å². The molecule has 0 bridgehead atoms. The molecule has 304 valence electrons. The summed E-state index contributed by atoms with van der Waals surface area (Å²) in [6.45, 7) is 13.3. The van der Waals surface area contributed by atoms with Crippen LogP contribution < -0.4 is 35.2 Å². The van der Waals surface area contributed by atoms with Crippen LogP contribution in [-0.4, -0.2) is 84.3 Å². The number of hydrazine groups is 1. The van der Waals surface area contributed by atoms with Crippen LogP contribution in [0, 0.1) is 0 Å². The van der Waals surface area contributed by atoms with Crippen LogP contribution in [0.3, 0.4) is 0 Å². The number of ether oxygens (including phenoxy) is 6. The second-order valence-corrected chi connectivity index (χ2v) is 13.1. The third-order valence-electron chi connectivity index (χ3n) is 6.15. The lowest BCUT2D eigenvalue weighted by atomic mass is 10.2. The molecule has 0 aliphatic heterocycles. The molecule has 4 rings (SSSR count). The number of hydrogen-bond donors (Lipinski definition) is 3. The first kappa shape index (κ1) is 47.7. The average Bonchev–Trinajstić information content (AvgIpc) is 3.17. The second-order valence-electron chi connectivity index (χ2n) is 13.1. The van der Waals surface area contributed by atoms with Crippen LogP contribution in [-0.2, 0) is 22.4 Å². The van der Waals surface area contributed by atoms with Crippen LogP contribution in [0.4, 0.5) is 9.59 Å². The number of pyridine rings is 4. The van der Waals surface area contributed by atoms with Crippen molar-refractivity contribution < 1.29 is 42.8 Å². The molecule has 0 saturated heterocycles. The van der Waals surface area contributed by atoms with Crippen molar-refractivity contribution in [1.29, 1.82) is 0 Å². The molecule has 0 unspecified atom stereocenters. The summed E-state index contributed by atoms with van der Waals surface area (Å²) in [7, 11) is 6.31. The molecular formula is C39H54N8O9. The van der Waals surface area contributed by atoms with Gasteiger partial charge in [0, 0.05) is 42.5 Å². The van der Waals surface area contributed by atoms with Gasteiger partial charge in [0.25, 0.3) is 0 Å². The van der Waals surface area contributed by atoms with E-state index >= 15 is 0 Å². The molecule has 0 aliphatic rings. The summed E-state index contributed by atoms with van der Waals surface area (Å²) >= 11 is 0. The van der Waals surface area contributed by atoms with Gasteiger partial charge in [0.2, 0.25) is 0 Å². The Labute approximate surface area is 328 Å². The van der Waals surface area contributed by atoms with E-state index in [-0.39, 0.29) is 0 Å². The van der Waals surface area contributed by atoms with Crippen molar-refractivity contribution in [1.82, 2.24) is 36.2 Å². The molecule has 0 aliphatic carbocycles. The van der Waals surface area contributed by atoms with Crippen LogP contribution in [0.5, 0.6) is 23.0 Å². The van der Waals surface area contributed by atoms with Crippen molar-refractivity contribution in [2.75, 3.05) is 28.4 Å². The van der Waals surface area contributed by atoms with E-state index < -0.39 is 23.4 Å². The zero-order valence-corrected chi connectivity index (χ0v) is 33.9. The molecule has 0 fully saturated rings. The van der Waals surface area contributed by atoms with E-state index in [2.05, 4.69) is 48.2 Å². The number of hydrogen-bond acceptors (Lipinski definition) is 15. The number of rotatable bonds is 11. The summed E-state index contributed by atoms with van der Waals surface area (Å²) < 4.78 is 30.0. The largest absolute Gasteiger partial charge is 0.495 e. The molecule has 17 nitrogen and oxygen atoms in total. The second kappa shape index (κ2) is 25.6. The standard InChI is InChI=1S/C12H19N3O3.C12H17N3O3.C8H11NO.C7H7NO2/c2*1-12(2,3)18-11(16)15-14-7-9-5-10(17-4)8-13-6-9;1-3-7-4-8(10-2)6-9-5-7;1-10-7-2-6(5-9)3-8-4-7/h5-6,8,14H,7H2,1-4H3,(H,15,16);5-8H,1-4H3,(H,15,16);4-6H,3H2,1-2H3;2-5H,1H3/b;14-7+;;. The van der Waals surface area contributed by atoms with Gasteiger partial charge >= 0.3 is 12.2 Å². The predicted molar refractivity (Wildman–Crippen MR) is 211 cm³/mol. The molecule has 4 aromatic heterocycles. The van der Waals surface area contributed by atoms with Crippen molar-refractivity contribution in [2.45, 2.75) is 72.6 Å². The number of hydrazone groups is 1. The first-order valence-corrected chi connectivity index (χ1v) is 17.2. The lowest BCUT2D eigenvalue weighted by Crippen LogP contribution is -2.40. The minimum atomic E-state index is -0.602. The highest BCUT2D eigenvalue weighted by atomic mass is 16.6. The van der Waals surface area contributed by atoms with E-state index in [1.807, 2.05) is 18.3 Å². The summed E-state index contributed by atoms with van der Waals surface area (Å²) in [5.41, 5.74) is 9.75. The lowest BCUT2D eigenvalue weighted by molar-refractivity contribution is 0.0493. The molecule has 0 spiro atoms. The molecule has 3 N–H and O–H groups in total. The Hall–Kier alpha value is -6.36. The van der Waals surface area contributed by atoms with Crippen LogP contribution in [0.2, 0.25) is 0 Å². The normalized spacial score (nSPS) is 10.4. The maximum atomic E-state index is 11.3. The minimum Gasteiger partial charge on any atom is -0.495 e. The van der Waals surface area contributed by atoms with E-state index in [0.717, 1.165) is 24.0 Å². The van der Waals surface area contributed by atoms with E-state index in [9.17, 15) is 14.4 Å². The summed E-state index contributed by atoms with van der Waals surface area (Å²) in [4.78, 5) is 48.5. The fourth-order valence-electron chi connectivity index (χ4n) is 3.65. The number of nitrogens with one attached hydrogen (secondary N) is 3. The van der Waals surface area contributed by atoms with Crippen LogP contribution >= 0.6 is 0 Å². The fraction of sp³-hybridized carbons (Fsp3) is 0.385. The predicted octanol–water partition coefficient (Wildman–Crippen LogP) is 6.12. The number of nitrogens with zero attached hydrogens (tertiary/aromatic N) is 5. The molecule has 0 saturated carbocycles. The number of aromatic nitrogens is 4. The highest BCUT2D eigenvalue weighted by Crippen LogP contribution is 2.12. The van der Waals surface area contributed by atoms with E-state index in [0.29, 0.717) is 34.9 Å². The number of amides is 2. The SMILES string of the molecule is CCc1cncc(OC)c1.COc1cncc(/C=N/NC(=O)OC(C)(C)C)c1.COc1cncc(C=O)c1.COc1cncc(CNNC(=O)OC(C)(C)C)c1. The van der Waals surface area contributed by atoms with Gasteiger partial charge in [-0.2, -0.15) is 5.10 Å². The van der Waals surface area contributed by atoms with Gasteiger partial charge in [0.15, 0.2) is 6.29 Å². The molecule has 56 heavy (non-hydrogen) atoms. The molecule has 4 heterocycles. The van der Waals surface area contributed by atoms with Crippen molar-refractivity contribution in [3.05, 3.63) is 96.1 Å². The van der Waals surface area contributed by atoms with Crippen LogP contribution in [0.25, 0.3) is 0 Å². The summed E-state index contributed by atoms with van der Waals surface area (Å²) in [5.74, 6) is 2.73. The molecular weight excluding hydrogens is 724 g/mol. The number of carbonyl (C=O) groups excluding carboxylic acids is 3. The molecule has 0 radical (unpaired) electrons. The smallest absolute Gasteiger partial charge is 0.428 e. The molecule has 0 aromatic carbocycles. The van der Waals surface area contributed by atoms with Crippen molar-refractivity contribution in [2.24, 2.45) is 5.10 Å². The first-order chi connectivity index (χ1) is 26.5. The average molecular weight is 779 g/mol. The number of carbonyl (C=O) groups is 3. The Balaban J connectivity index is 0.000000387. The molecule has 0 atom stereocenters. The maximum Gasteiger partial charge on any atom is 0.428 e. The zero-order chi connectivity index (χ0) is 42.0. The van der Waals surface area contributed by atoms with Crippen molar-refractivity contribution in [3.8, 4) is 23.0 Å². The molecule has 2 amide bonds. The summed E-state index contributed by atoms with van der Waals surface area (Å²) in [5, 5.41) is 3.76. The number of aryl methyl sites for hydroxylation is 1. The summed E-state index contributed by atoms with van der Waals surface area (Å²) in [6.07, 6.45) is 15.1. The monoisotopic (exact) mass is 778 g/mol. The quantitative estimate of drug-likeness (QED) is 0.0891. The van der Waals surface area contributed by atoms with Gasteiger partial charge in [-0.25, -0.2) is 20.4 Å². The Morgan fingerprint density at radius 1 is 0.625 bits per heavy atom. The van der Waals surface area contributed by atoms with Crippen LogP contribution in [0.1, 0.15) is 75.5 Å². The molecule has 4 aromatic rings. The summed E-state index contributed by atoms with van der Waals surface area (Å²) in [6, 6.07) is 7.19. The molecule has 17 heteroatoms. The zero-order valence-electron chi connectivity index (χ0n) is 33.9. The van der Waals surface area contributed by atoms with Gasteiger partial charge in [-0.15, -0.1) is 0 Å². The van der Waals surface area contributed by atoms with E-state index in [1.165, 1.54) is 25.1 Å². The Bertz CT molecular complexity index is 1780. The Kier molecular flexibility index (Phi) is 21.8. The lowest BCUT2D eigenvalue weighted by Gasteiger charge is -2.19. The van der Waals surface area contributed by atoms with Crippen LogP contribution in [0.15, 0.2) is 78.9 Å². The minimum absolute atomic E-state index is 0.434. The van der Waals surface area contributed by atoms with Gasteiger partial charge in [-0.1, -0.05) is 6.92 Å². The third kappa shape index (κ3) is 22.7. The Morgan fingerprint density at radius 3 is 1.54 bits per heavy atom. The van der Waals surface area contributed by atoms with Crippen molar-refractivity contribution in [3.63, 3.8) is 0 Å². The topological polar surface area (TPSA) is 207 Å². The highest BCUT2D eigenvalue weighted by Gasteiger charge is 2.16. The third-order valence-corrected chi connectivity index (χ3v) is 6.15.